The summed E-state index contributed by atoms with van der Waals surface area (Å²) in [5.74, 6) is 1.21. The van der Waals surface area contributed by atoms with Crippen LogP contribution in [0.1, 0.15) is 11.3 Å². The number of amides is 1. The van der Waals surface area contributed by atoms with Crippen LogP contribution in [0.4, 0.5) is 10.2 Å². The predicted molar refractivity (Wildman–Crippen MR) is 80.1 cm³/mol. The van der Waals surface area contributed by atoms with Crippen molar-refractivity contribution >= 4 is 39.4 Å². The van der Waals surface area contributed by atoms with E-state index < -0.39 is 0 Å². The zero-order chi connectivity index (χ0) is 14.5. The molecule has 20 heavy (non-hydrogen) atoms. The van der Waals surface area contributed by atoms with Gasteiger partial charge in [0.05, 0.1) is 5.75 Å². The van der Waals surface area contributed by atoms with Crippen LogP contribution in [0, 0.1) is 12.7 Å². The van der Waals surface area contributed by atoms with Crippen molar-refractivity contribution in [1.82, 2.24) is 5.16 Å². The van der Waals surface area contributed by atoms with Crippen LogP contribution in [0.3, 0.4) is 0 Å². The molecule has 0 fully saturated rings. The van der Waals surface area contributed by atoms with Crippen molar-refractivity contribution < 1.29 is 13.7 Å². The van der Waals surface area contributed by atoms with Crippen molar-refractivity contribution in [3.05, 3.63) is 45.9 Å². The second-order valence-electron chi connectivity index (χ2n) is 4.10. The molecule has 2 aromatic rings. The lowest BCUT2D eigenvalue weighted by molar-refractivity contribution is -0.113. The van der Waals surface area contributed by atoms with Gasteiger partial charge in [0.1, 0.15) is 11.6 Å². The van der Waals surface area contributed by atoms with E-state index in [1.54, 1.807) is 25.1 Å². The monoisotopic (exact) mass is 358 g/mol. The van der Waals surface area contributed by atoms with Crippen LogP contribution in [-0.4, -0.2) is 16.8 Å². The first-order valence-corrected chi connectivity index (χ1v) is 7.74. The maximum atomic E-state index is 13.6. The number of aromatic nitrogens is 1. The molecule has 2 rings (SSSR count). The quantitative estimate of drug-likeness (QED) is 0.883. The third-order valence-electron chi connectivity index (χ3n) is 2.40. The first kappa shape index (κ1) is 15.1. The molecule has 1 N–H and O–H groups in total. The molecule has 106 valence electrons. The molecule has 4 nitrogen and oxygen atoms in total. The summed E-state index contributed by atoms with van der Waals surface area (Å²) < 4.78 is 19.1. The van der Waals surface area contributed by atoms with Gasteiger partial charge < -0.3 is 9.84 Å². The normalized spacial score (nSPS) is 10.6. The molecule has 0 aliphatic carbocycles. The van der Waals surface area contributed by atoms with E-state index >= 15 is 0 Å². The molecule has 1 aromatic carbocycles. The first-order valence-electron chi connectivity index (χ1n) is 5.79. The summed E-state index contributed by atoms with van der Waals surface area (Å²) in [4.78, 5) is 11.6. The minimum atomic E-state index is -0.278. The Hall–Kier alpha value is -1.34. The zero-order valence-electron chi connectivity index (χ0n) is 10.7. The van der Waals surface area contributed by atoms with Crippen molar-refractivity contribution in [2.45, 2.75) is 12.7 Å². The van der Waals surface area contributed by atoms with Crippen LogP contribution in [0.2, 0.25) is 0 Å². The summed E-state index contributed by atoms with van der Waals surface area (Å²) in [6.45, 7) is 1.74. The van der Waals surface area contributed by atoms with Crippen molar-refractivity contribution in [1.29, 1.82) is 0 Å². The molecule has 0 saturated carbocycles. The summed E-state index contributed by atoms with van der Waals surface area (Å²) >= 11 is 4.53. The van der Waals surface area contributed by atoms with Gasteiger partial charge in [-0.25, -0.2) is 4.39 Å². The van der Waals surface area contributed by atoms with E-state index in [0.29, 0.717) is 27.4 Å². The Morgan fingerprint density at radius 2 is 2.30 bits per heavy atom. The van der Waals surface area contributed by atoms with Gasteiger partial charge in [0.2, 0.25) is 5.91 Å². The van der Waals surface area contributed by atoms with Crippen molar-refractivity contribution in [2.75, 3.05) is 11.1 Å². The highest BCUT2D eigenvalue weighted by Gasteiger charge is 2.08. The summed E-state index contributed by atoms with van der Waals surface area (Å²) in [6, 6.07) is 6.52. The first-order chi connectivity index (χ1) is 9.54. The van der Waals surface area contributed by atoms with Gasteiger partial charge in [-0.05, 0) is 24.6 Å². The number of nitrogens with one attached hydrogen (secondary N) is 1. The smallest absolute Gasteiger partial charge is 0.235 e. The maximum Gasteiger partial charge on any atom is 0.235 e. The number of rotatable bonds is 5. The number of nitrogens with zero attached hydrogens (tertiary/aromatic N) is 1. The van der Waals surface area contributed by atoms with Gasteiger partial charge in [-0.1, -0.05) is 27.2 Å². The summed E-state index contributed by atoms with van der Waals surface area (Å²) in [5.41, 5.74) is 0.572. The molecule has 7 heteroatoms. The van der Waals surface area contributed by atoms with E-state index in [9.17, 15) is 9.18 Å². The van der Waals surface area contributed by atoms with Crippen molar-refractivity contribution in [2.24, 2.45) is 0 Å². The van der Waals surface area contributed by atoms with Gasteiger partial charge in [0.25, 0.3) is 0 Å². The van der Waals surface area contributed by atoms with Gasteiger partial charge in [0.15, 0.2) is 5.82 Å². The van der Waals surface area contributed by atoms with Crippen LogP contribution < -0.4 is 5.32 Å². The summed E-state index contributed by atoms with van der Waals surface area (Å²) in [7, 11) is 0. The fourth-order valence-corrected chi connectivity index (χ4v) is 2.64. The number of hydrogen-bond acceptors (Lipinski definition) is 4. The molecule has 0 aliphatic heterocycles. The molecule has 1 heterocycles. The van der Waals surface area contributed by atoms with Crippen LogP contribution in [0.25, 0.3) is 0 Å². The third-order valence-corrected chi connectivity index (χ3v) is 3.88. The number of thioether (sulfide) groups is 1. The number of carbonyl (C=O) groups is 1. The van der Waals surface area contributed by atoms with Gasteiger partial charge in [-0.2, -0.15) is 0 Å². The second-order valence-corrected chi connectivity index (χ2v) is 6.00. The van der Waals surface area contributed by atoms with Gasteiger partial charge in [-0.3, -0.25) is 4.79 Å². The van der Waals surface area contributed by atoms with Crippen LogP contribution >= 0.6 is 27.7 Å². The zero-order valence-corrected chi connectivity index (χ0v) is 13.1. The molecule has 0 spiro atoms. The number of halogens is 2. The third kappa shape index (κ3) is 4.35. The van der Waals surface area contributed by atoms with E-state index in [0.717, 1.165) is 0 Å². The van der Waals surface area contributed by atoms with Crippen LogP contribution in [0.5, 0.6) is 0 Å². The molecule has 0 atom stereocenters. The fraction of sp³-hybridized carbons (Fsp3) is 0.231. The van der Waals surface area contributed by atoms with E-state index in [4.69, 9.17) is 4.52 Å². The highest BCUT2D eigenvalue weighted by Crippen LogP contribution is 2.20. The largest absolute Gasteiger partial charge is 0.360 e. The molecule has 0 saturated heterocycles. The Bertz CT molecular complexity index is 618. The highest BCUT2D eigenvalue weighted by atomic mass is 79.9. The maximum absolute atomic E-state index is 13.6. The lowest BCUT2D eigenvalue weighted by Gasteiger charge is -2.04. The molecular weight excluding hydrogens is 347 g/mol. The average molecular weight is 359 g/mol. The summed E-state index contributed by atoms with van der Waals surface area (Å²) in [5, 5.41) is 6.27. The fourth-order valence-electron chi connectivity index (χ4n) is 1.50. The van der Waals surface area contributed by atoms with E-state index in [2.05, 4.69) is 26.4 Å². The second kappa shape index (κ2) is 6.90. The minimum Gasteiger partial charge on any atom is -0.360 e. The minimum absolute atomic E-state index is 0.194. The molecule has 1 aromatic heterocycles. The lowest BCUT2D eigenvalue weighted by Crippen LogP contribution is -2.14. The Balaban J connectivity index is 1.79. The SMILES string of the molecule is Cc1cc(NC(=O)CSCc2ccc(Br)cc2F)no1. The number of carbonyl (C=O) groups excluding carboxylic acids is 1. The van der Waals surface area contributed by atoms with E-state index in [1.807, 2.05) is 0 Å². The number of benzene rings is 1. The topological polar surface area (TPSA) is 55.1 Å². The predicted octanol–water partition coefficient (Wildman–Crippen LogP) is 3.76. The standard InChI is InChI=1S/C13H12BrFN2O2S/c1-8-4-12(17-19-8)16-13(18)7-20-6-9-2-3-10(14)5-11(9)15/h2-5H,6-7H2,1H3,(H,16,17,18). The number of anilines is 1. The van der Waals surface area contributed by atoms with Crippen molar-refractivity contribution in [3.8, 4) is 0 Å². The van der Waals surface area contributed by atoms with Gasteiger partial charge >= 0.3 is 0 Å². The Morgan fingerprint density at radius 1 is 1.50 bits per heavy atom. The molecule has 0 aliphatic rings. The van der Waals surface area contributed by atoms with Gasteiger partial charge in [-0.15, -0.1) is 11.8 Å². The molecular formula is C13H12BrFN2O2S. The van der Waals surface area contributed by atoms with E-state index in [-0.39, 0.29) is 17.5 Å². The van der Waals surface area contributed by atoms with Crippen LogP contribution in [-0.2, 0) is 10.5 Å². The Labute approximate surface area is 128 Å². The molecule has 0 bridgehead atoms. The van der Waals surface area contributed by atoms with Gasteiger partial charge in [0, 0.05) is 16.3 Å². The molecule has 0 unspecified atom stereocenters. The Kier molecular flexibility index (Phi) is 5.19. The average Bonchev–Trinajstić information content (AvgIpc) is 2.77. The number of hydrogen-bond donors (Lipinski definition) is 1. The number of aryl methyl sites for hydroxylation is 1. The van der Waals surface area contributed by atoms with Crippen molar-refractivity contribution in [3.63, 3.8) is 0 Å². The highest BCUT2D eigenvalue weighted by molar-refractivity contribution is 9.10. The molecule has 1 amide bonds. The Morgan fingerprint density at radius 3 is 2.95 bits per heavy atom. The van der Waals surface area contributed by atoms with Crippen LogP contribution in [0.15, 0.2) is 33.3 Å². The van der Waals surface area contributed by atoms with E-state index in [1.165, 1.54) is 17.8 Å². The molecule has 0 radical (unpaired) electrons. The summed E-state index contributed by atoms with van der Waals surface area (Å²) in [6.07, 6.45) is 0. The lowest BCUT2D eigenvalue weighted by atomic mass is 10.2.